The number of halogens is 1. The number of carbonyl (C=O) groups excluding carboxylic acids is 1. The monoisotopic (exact) mass is 449 g/mol. The molecular formula is C23H20ClN5O3. The van der Waals surface area contributed by atoms with Gasteiger partial charge in [-0.1, -0.05) is 41.9 Å². The number of amides is 1. The number of fused-ring (bicyclic) bond motifs is 1. The van der Waals surface area contributed by atoms with Crippen molar-refractivity contribution in [3.63, 3.8) is 0 Å². The molecule has 162 valence electrons. The normalized spacial score (nSPS) is 11.0. The van der Waals surface area contributed by atoms with Crippen LogP contribution in [0, 0.1) is 13.8 Å². The average molecular weight is 450 g/mol. The topological polar surface area (TPSA) is 98.9 Å². The van der Waals surface area contributed by atoms with Gasteiger partial charge in [0.15, 0.2) is 11.2 Å². The van der Waals surface area contributed by atoms with Gasteiger partial charge in [-0.25, -0.2) is 14.8 Å². The number of aryl methyl sites for hydroxylation is 2. The van der Waals surface area contributed by atoms with Crippen molar-refractivity contribution in [3.8, 4) is 0 Å². The molecule has 0 saturated carbocycles. The molecule has 0 aliphatic carbocycles. The van der Waals surface area contributed by atoms with Crippen LogP contribution in [0.15, 0.2) is 64.4 Å². The lowest BCUT2D eigenvalue weighted by Crippen LogP contribution is -2.42. The van der Waals surface area contributed by atoms with Gasteiger partial charge in [-0.05, 0) is 42.7 Å². The van der Waals surface area contributed by atoms with Crippen LogP contribution < -0.4 is 16.6 Å². The highest BCUT2D eigenvalue weighted by Crippen LogP contribution is 2.19. The van der Waals surface area contributed by atoms with Crippen LogP contribution in [-0.2, 0) is 17.9 Å². The summed E-state index contributed by atoms with van der Waals surface area (Å²) in [5.74, 6) is -0.409. The Bertz CT molecular complexity index is 1420. The van der Waals surface area contributed by atoms with E-state index in [4.69, 9.17) is 11.6 Å². The molecule has 0 saturated heterocycles. The maximum atomic E-state index is 13.2. The molecular weight excluding hydrogens is 430 g/mol. The van der Waals surface area contributed by atoms with Gasteiger partial charge in [0.2, 0.25) is 5.91 Å². The van der Waals surface area contributed by atoms with Crippen molar-refractivity contribution >= 4 is 34.4 Å². The summed E-state index contributed by atoms with van der Waals surface area (Å²) in [4.78, 5) is 47.3. The second kappa shape index (κ2) is 8.76. The van der Waals surface area contributed by atoms with Crippen LogP contribution in [0.1, 0.15) is 16.7 Å². The van der Waals surface area contributed by atoms with E-state index in [1.165, 1.54) is 17.0 Å². The molecule has 1 N–H and O–H groups in total. The summed E-state index contributed by atoms with van der Waals surface area (Å²) in [6, 6.07) is 12.5. The van der Waals surface area contributed by atoms with E-state index in [-0.39, 0.29) is 24.3 Å². The Kier molecular flexibility index (Phi) is 5.87. The van der Waals surface area contributed by atoms with Crippen LogP contribution in [0.3, 0.4) is 0 Å². The quantitative estimate of drug-likeness (QED) is 0.505. The van der Waals surface area contributed by atoms with E-state index in [0.717, 1.165) is 15.7 Å². The first-order chi connectivity index (χ1) is 15.3. The second-order valence-corrected chi connectivity index (χ2v) is 7.87. The minimum atomic E-state index is -0.644. The smallest absolute Gasteiger partial charge is 0.324 e. The Morgan fingerprint density at radius 3 is 2.31 bits per heavy atom. The molecule has 0 spiro atoms. The van der Waals surface area contributed by atoms with Crippen LogP contribution in [0.25, 0.3) is 11.2 Å². The van der Waals surface area contributed by atoms with E-state index in [0.29, 0.717) is 16.3 Å². The molecule has 2 aromatic carbocycles. The predicted molar refractivity (Wildman–Crippen MR) is 123 cm³/mol. The van der Waals surface area contributed by atoms with E-state index < -0.39 is 17.2 Å². The van der Waals surface area contributed by atoms with Crippen molar-refractivity contribution in [2.45, 2.75) is 26.9 Å². The number of hydrogen-bond donors (Lipinski definition) is 1. The third kappa shape index (κ3) is 4.17. The molecule has 2 heterocycles. The van der Waals surface area contributed by atoms with Crippen molar-refractivity contribution in [1.82, 2.24) is 19.1 Å². The summed E-state index contributed by atoms with van der Waals surface area (Å²) < 4.78 is 2.22. The molecule has 0 bridgehead atoms. The van der Waals surface area contributed by atoms with Crippen LogP contribution in [0.2, 0.25) is 5.02 Å². The van der Waals surface area contributed by atoms with E-state index in [1.807, 2.05) is 32.0 Å². The molecule has 0 radical (unpaired) electrons. The minimum Gasteiger partial charge on any atom is -0.324 e. The zero-order valence-electron chi connectivity index (χ0n) is 17.5. The van der Waals surface area contributed by atoms with Crippen molar-refractivity contribution in [3.05, 3.63) is 97.4 Å². The summed E-state index contributed by atoms with van der Waals surface area (Å²) in [5, 5.41) is 3.41. The number of aromatic nitrogens is 4. The Morgan fingerprint density at radius 1 is 0.969 bits per heavy atom. The summed E-state index contributed by atoms with van der Waals surface area (Å²) in [5.41, 5.74) is 2.08. The average Bonchev–Trinajstić information content (AvgIpc) is 2.78. The fraction of sp³-hybridized carbons (Fsp3) is 0.174. The summed E-state index contributed by atoms with van der Waals surface area (Å²) >= 11 is 5.93. The van der Waals surface area contributed by atoms with Gasteiger partial charge in [-0.3, -0.25) is 18.7 Å². The molecule has 0 fully saturated rings. The molecule has 1 amide bonds. The largest absolute Gasteiger partial charge is 0.333 e. The molecule has 4 rings (SSSR count). The molecule has 4 aromatic rings. The third-order valence-corrected chi connectivity index (χ3v) is 5.40. The highest BCUT2D eigenvalue weighted by atomic mass is 35.5. The molecule has 2 aromatic heterocycles. The molecule has 0 atom stereocenters. The lowest BCUT2D eigenvalue weighted by atomic mass is 10.1. The highest BCUT2D eigenvalue weighted by Gasteiger charge is 2.18. The van der Waals surface area contributed by atoms with Gasteiger partial charge >= 0.3 is 5.69 Å². The predicted octanol–water partition coefficient (Wildman–Crippen LogP) is 2.91. The fourth-order valence-corrected chi connectivity index (χ4v) is 3.64. The molecule has 0 unspecified atom stereocenters. The van der Waals surface area contributed by atoms with Crippen molar-refractivity contribution in [2.75, 3.05) is 5.32 Å². The highest BCUT2D eigenvalue weighted by molar-refractivity contribution is 6.30. The third-order valence-electron chi connectivity index (χ3n) is 5.15. The van der Waals surface area contributed by atoms with Gasteiger partial charge in [0.1, 0.15) is 6.54 Å². The first-order valence-electron chi connectivity index (χ1n) is 9.90. The maximum absolute atomic E-state index is 13.2. The number of benzene rings is 2. The van der Waals surface area contributed by atoms with Crippen LogP contribution in [0.5, 0.6) is 0 Å². The first-order valence-corrected chi connectivity index (χ1v) is 10.3. The zero-order valence-corrected chi connectivity index (χ0v) is 18.3. The molecule has 8 nitrogen and oxygen atoms in total. The van der Waals surface area contributed by atoms with E-state index in [2.05, 4.69) is 15.3 Å². The molecule has 0 aliphatic heterocycles. The maximum Gasteiger partial charge on any atom is 0.333 e. The van der Waals surface area contributed by atoms with Gasteiger partial charge < -0.3 is 5.32 Å². The molecule has 32 heavy (non-hydrogen) atoms. The zero-order chi connectivity index (χ0) is 22.8. The Hall–Kier alpha value is -3.78. The summed E-state index contributed by atoms with van der Waals surface area (Å²) in [6.45, 7) is 3.48. The SMILES string of the molecule is Cc1cccc(C)c1NC(=O)Cn1c(=O)n(Cc2ccc(Cl)cc2)c(=O)c2nccnc21. The van der Waals surface area contributed by atoms with E-state index in [9.17, 15) is 14.4 Å². The van der Waals surface area contributed by atoms with Crippen molar-refractivity contribution in [1.29, 1.82) is 0 Å². The summed E-state index contributed by atoms with van der Waals surface area (Å²) in [7, 11) is 0. The lowest BCUT2D eigenvalue weighted by Gasteiger charge is -2.15. The van der Waals surface area contributed by atoms with Gasteiger partial charge in [0.05, 0.1) is 6.54 Å². The van der Waals surface area contributed by atoms with Gasteiger partial charge in [-0.2, -0.15) is 0 Å². The van der Waals surface area contributed by atoms with E-state index >= 15 is 0 Å². The minimum absolute atomic E-state index is 0.0138. The first kappa shape index (κ1) is 21.5. The van der Waals surface area contributed by atoms with Crippen LogP contribution in [-0.4, -0.2) is 25.0 Å². The number of nitrogens with zero attached hydrogens (tertiary/aromatic N) is 4. The van der Waals surface area contributed by atoms with Crippen molar-refractivity contribution < 1.29 is 4.79 Å². The second-order valence-electron chi connectivity index (χ2n) is 7.43. The van der Waals surface area contributed by atoms with Gasteiger partial charge in [0, 0.05) is 23.1 Å². The number of hydrogen-bond acceptors (Lipinski definition) is 5. The van der Waals surface area contributed by atoms with Crippen LogP contribution >= 0.6 is 11.6 Å². The Morgan fingerprint density at radius 2 is 1.62 bits per heavy atom. The van der Waals surface area contributed by atoms with Crippen LogP contribution in [0.4, 0.5) is 5.69 Å². The molecule has 9 heteroatoms. The Balaban J connectivity index is 1.76. The standard InChI is InChI=1S/C23H20ClN5O3/c1-14-4-3-5-15(2)19(14)27-18(30)13-28-21-20(25-10-11-26-21)22(31)29(23(28)32)12-16-6-8-17(24)9-7-16/h3-11H,12-13H2,1-2H3,(H,27,30). The number of carbonyl (C=O) groups is 1. The number of rotatable bonds is 5. The van der Waals surface area contributed by atoms with Gasteiger partial charge in [0.25, 0.3) is 5.56 Å². The lowest BCUT2D eigenvalue weighted by molar-refractivity contribution is -0.116. The molecule has 0 aliphatic rings. The number of para-hydroxylation sites is 1. The number of nitrogens with one attached hydrogen (secondary N) is 1. The fourth-order valence-electron chi connectivity index (χ4n) is 3.52. The Labute approximate surface area is 188 Å². The number of anilines is 1. The summed E-state index contributed by atoms with van der Waals surface area (Å²) in [6.07, 6.45) is 2.76. The van der Waals surface area contributed by atoms with E-state index in [1.54, 1.807) is 24.3 Å². The van der Waals surface area contributed by atoms with Gasteiger partial charge in [-0.15, -0.1) is 0 Å². The van der Waals surface area contributed by atoms with Crippen molar-refractivity contribution in [2.24, 2.45) is 0 Å².